The maximum atomic E-state index is 13.2. The number of Topliss-reactive ketones (excluding diaryl/α,β-unsaturated/α-hetero) is 1. The fourth-order valence-corrected chi connectivity index (χ4v) is 3.45. The van der Waals surface area contributed by atoms with Crippen molar-refractivity contribution in [3.63, 3.8) is 0 Å². The van der Waals surface area contributed by atoms with Gasteiger partial charge in [0.2, 0.25) is 0 Å². The number of carbonyl (C=O) groups is 1. The number of hydrogen-bond donors (Lipinski definition) is 0. The quantitative estimate of drug-likeness (QED) is 0.592. The number of carbonyl (C=O) groups excluding carboxylic acids is 1. The van der Waals surface area contributed by atoms with E-state index < -0.39 is 5.54 Å². The maximum Gasteiger partial charge on any atom is 0.184 e. The first-order valence-electron chi connectivity index (χ1n) is 7.64. The van der Waals surface area contributed by atoms with Gasteiger partial charge in [-0.3, -0.25) is 9.69 Å². The Morgan fingerprint density at radius 1 is 1.27 bits per heavy atom. The Labute approximate surface area is 137 Å². The van der Waals surface area contributed by atoms with Gasteiger partial charge < -0.3 is 9.64 Å². The summed E-state index contributed by atoms with van der Waals surface area (Å²) in [6.45, 7) is 5.76. The van der Waals surface area contributed by atoms with Crippen LogP contribution in [0.15, 0.2) is 29.2 Å². The van der Waals surface area contributed by atoms with Crippen LogP contribution in [-0.4, -0.2) is 74.3 Å². The molecule has 122 valence electrons. The fraction of sp³-hybridized carbons (Fsp3) is 0.588. The molecule has 1 saturated heterocycles. The van der Waals surface area contributed by atoms with Gasteiger partial charge in [0.25, 0.3) is 0 Å². The van der Waals surface area contributed by atoms with E-state index in [1.807, 2.05) is 44.6 Å². The molecule has 1 fully saturated rings. The lowest BCUT2D eigenvalue weighted by Crippen LogP contribution is -2.60. The number of benzene rings is 1. The van der Waals surface area contributed by atoms with Crippen LogP contribution in [0.4, 0.5) is 0 Å². The standard InChI is InChI=1S/C17H26N2O2S/c1-17(13-18(2)3,19-9-11-21-12-10-19)16(20)14-5-7-15(22-4)8-6-14/h5-8H,9-13H2,1-4H3. The molecule has 0 radical (unpaired) electrons. The molecule has 0 spiro atoms. The summed E-state index contributed by atoms with van der Waals surface area (Å²) in [5, 5.41) is 0. The van der Waals surface area contributed by atoms with E-state index in [1.165, 1.54) is 4.90 Å². The molecule has 1 heterocycles. The van der Waals surface area contributed by atoms with Crippen molar-refractivity contribution in [1.82, 2.24) is 9.80 Å². The number of thioether (sulfide) groups is 1. The Hall–Kier alpha value is -0.880. The average Bonchev–Trinajstić information content (AvgIpc) is 2.54. The SMILES string of the molecule is CSc1ccc(C(=O)C(C)(CN(C)C)N2CCOCC2)cc1. The van der Waals surface area contributed by atoms with Crippen molar-refractivity contribution in [1.29, 1.82) is 0 Å². The van der Waals surface area contributed by atoms with Gasteiger partial charge >= 0.3 is 0 Å². The van der Waals surface area contributed by atoms with E-state index in [0.717, 1.165) is 18.7 Å². The maximum absolute atomic E-state index is 13.2. The van der Waals surface area contributed by atoms with Gasteiger partial charge in [-0.15, -0.1) is 11.8 Å². The summed E-state index contributed by atoms with van der Waals surface area (Å²) in [7, 11) is 4.03. The summed E-state index contributed by atoms with van der Waals surface area (Å²) in [6.07, 6.45) is 2.04. The van der Waals surface area contributed by atoms with Crippen molar-refractivity contribution in [3.8, 4) is 0 Å². The summed E-state index contributed by atoms with van der Waals surface area (Å²) in [4.78, 5) is 18.7. The topological polar surface area (TPSA) is 32.8 Å². The van der Waals surface area contributed by atoms with Crippen LogP contribution in [0.5, 0.6) is 0 Å². The molecule has 1 unspecified atom stereocenters. The van der Waals surface area contributed by atoms with Crippen molar-refractivity contribution >= 4 is 17.5 Å². The normalized spacial score (nSPS) is 19.1. The molecular weight excluding hydrogens is 296 g/mol. The molecule has 1 atom stereocenters. The van der Waals surface area contributed by atoms with E-state index in [-0.39, 0.29) is 5.78 Å². The van der Waals surface area contributed by atoms with E-state index in [0.29, 0.717) is 19.8 Å². The zero-order chi connectivity index (χ0) is 16.2. The molecule has 1 aromatic rings. The molecule has 5 heteroatoms. The number of morpholine rings is 1. The number of likely N-dealkylation sites (N-methyl/N-ethyl adjacent to an activating group) is 1. The molecule has 1 aliphatic heterocycles. The number of hydrogen-bond acceptors (Lipinski definition) is 5. The Bertz CT molecular complexity index is 498. The molecular formula is C17H26N2O2S. The molecule has 0 saturated carbocycles. The predicted octanol–water partition coefficient (Wildman–Crippen LogP) is 2.24. The van der Waals surface area contributed by atoms with Crippen molar-refractivity contribution in [2.45, 2.75) is 17.4 Å². The molecule has 0 N–H and O–H groups in total. The Balaban J connectivity index is 2.27. The van der Waals surface area contributed by atoms with Crippen LogP contribution < -0.4 is 0 Å². The van der Waals surface area contributed by atoms with Crippen LogP contribution in [-0.2, 0) is 4.74 Å². The second-order valence-corrected chi connectivity index (χ2v) is 7.05. The van der Waals surface area contributed by atoms with Crippen LogP contribution >= 0.6 is 11.8 Å². The summed E-state index contributed by atoms with van der Waals surface area (Å²) in [5.41, 5.74) is 0.266. The molecule has 1 aromatic carbocycles. The van der Waals surface area contributed by atoms with Gasteiger partial charge in [-0.05, 0) is 39.4 Å². The lowest BCUT2D eigenvalue weighted by Gasteiger charge is -2.43. The summed E-state index contributed by atoms with van der Waals surface area (Å²) < 4.78 is 5.45. The molecule has 2 rings (SSSR count). The van der Waals surface area contributed by atoms with Crippen LogP contribution in [0.1, 0.15) is 17.3 Å². The first-order valence-corrected chi connectivity index (χ1v) is 8.86. The number of nitrogens with zero attached hydrogens (tertiary/aromatic N) is 2. The predicted molar refractivity (Wildman–Crippen MR) is 91.9 cm³/mol. The molecule has 22 heavy (non-hydrogen) atoms. The van der Waals surface area contributed by atoms with Crippen LogP contribution in [0.3, 0.4) is 0 Å². The highest BCUT2D eigenvalue weighted by Gasteiger charge is 2.40. The van der Waals surface area contributed by atoms with Gasteiger partial charge in [-0.2, -0.15) is 0 Å². The molecule has 0 aromatic heterocycles. The molecule has 0 amide bonds. The lowest BCUT2D eigenvalue weighted by molar-refractivity contribution is -0.0160. The molecule has 1 aliphatic rings. The van der Waals surface area contributed by atoms with Gasteiger partial charge in [-0.25, -0.2) is 0 Å². The Kier molecular flexibility index (Phi) is 6.03. The van der Waals surface area contributed by atoms with Gasteiger partial charge in [0.05, 0.1) is 18.8 Å². The highest BCUT2D eigenvalue weighted by molar-refractivity contribution is 7.98. The number of ether oxygens (including phenoxy) is 1. The van der Waals surface area contributed by atoms with E-state index >= 15 is 0 Å². The minimum absolute atomic E-state index is 0.191. The summed E-state index contributed by atoms with van der Waals surface area (Å²) in [5.74, 6) is 0.191. The van der Waals surface area contributed by atoms with E-state index in [2.05, 4.69) is 16.7 Å². The highest BCUT2D eigenvalue weighted by Crippen LogP contribution is 2.25. The number of ketones is 1. The average molecular weight is 322 g/mol. The van der Waals surface area contributed by atoms with Crippen LogP contribution in [0.25, 0.3) is 0 Å². The second-order valence-electron chi connectivity index (χ2n) is 6.17. The molecule has 4 nitrogen and oxygen atoms in total. The Morgan fingerprint density at radius 2 is 1.86 bits per heavy atom. The minimum atomic E-state index is -0.520. The van der Waals surface area contributed by atoms with E-state index in [9.17, 15) is 4.79 Å². The third-order valence-electron chi connectivity index (χ3n) is 4.17. The van der Waals surface area contributed by atoms with Gasteiger partial charge in [0.15, 0.2) is 5.78 Å². The fourth-order valence-electron chi connectivity index (χ4n) is 3.04. The largest absolute Gasteiger partial charge is 0.379 e. The minimum Gasteiger partial charge on any atom is -0.379 e. The van der Waals surface area contributed by atoms with Crippen LogP contribution in [0.2, 0.25) is 0 Å². The van der Waals surface area contributed by atoms with Crippen molar-refractivity contribution in [2.75, 3.05) is 53.2 Å². The zero-order valence-electron chi connectivity index (χ0n) is 14.0. The van der Waals surface area contributed by atoms with Gasteiger partial charge in [0.1, 0.15) is 0 Å². The van der Waals surface area contributed by atoms with E-state index in [1.54, 1.807) is 11.8 Å². The third kappa shape index (κ3) is 3.90. The number of rotatable bonds is 6. The molecule has 0 bridgehead atoms. The van der Waals surface area contributed by atoms with Crippen molar-refractivity contribution in [2.24, 2.45) is 0 Å². The highest BCUT2D eigenvalue weighted by atomic mass is 32.2. The monoisotopic (exact) mass is 322 g/mol. The second kappa shape index (κ2) is 7.59. The summed E-state index contributed by atoms with van der Waals surface area (Å²) in [6, 6.07) is 7.94. The van der Waals surface area contributed by atoms with E-state index in [4.69, 9.17) is 4.74 Å². The first-order chi connectivity index (χ1) is 10.5. The van der Waals surface area contributed by atoms with Gasteiger partial charge in [0, 0.05) is 30.1 Å². The smallest absolute Gasteiger partial charge is 0.184 e. The Morgan fingerprint density at radius 3 is 2.36 bits per heavy atom. The van der Waals surface area contributed by atoms with Gasteiger partial charge in [-0.1, -0.05) is 12.1 Å². The first kappa shape index (κ1) is 17.5. The lowest BCUT2D eigenvalue weighted by atomic mass is 9.88. The van der Waals surface area contributed by atoms with Crippen molar-refractivity contribution < 1.29 is 9.53 Å². The van der Waals surface area contributed by atoms with Crippen LogP contribution in [0, 0.1) is 0 Å². The van der Waals surface area contributed by atoms with Crippen molar-refractivity contribution in [3.05, 3.63) is 29.8 Å². The molecule has 0 aliphatic carbocycles. The third-order valence-corrected chi connectivity index (χ3v) is 4.92. The zero-order valence-corrected chi connectivity index (χ0v) is 14.8. The summed E-state index contributed by atoms with van der Waals surface area (Å²) >= 11 is 1.69.